The van der Waals surface area contributed by atoms with Crippen LogP contribution >= 0.6 is 0 Å². The molecule has 1 aliphatic rings. The summed E-state index contributed by atoms with van der Waals surface area (Å²) in [6, 6.07) is 1.91. The largest absolute Gasteiger partial charge is 0.384 e. The van der Waals surface area contributed by atoms with Gasteiger partial charge < -0.3 is 15.1 Å². The zero-order valence-corrected chi connectivity index (χ0v) is 12.8. The summed E-state index contributed by atoms with van der Waals surface area (Å²) in [4.78, 5) is 11.4. The zero-order valence-electron chi connectivity index (χ0n) is 12.8. The van der Waals surface area contributed by atoms with Crippen LogP contribution in [0.4, 0.5) is 11.6 Å². The van der Waals surface area contributed by atoms with E-state index in [1.54, 1.807) is 7.11 Å². The number of nitrogens with two attached hydrogens (primary N) is 1. The first-order chi connectivity index (χ1) is 9.44. The van der Waals surface area contributed by atoms with Gasteiger partial charge in [-0.15, -0.1) is 0 Å². The van der Waals surface area contributed by atoms with Crippen LogP contribution in [0.2, 0.25) is 0 Å². The van der Waals surface area contributed by atoms with E-state index in [9.17, 15) is 0 Å². The average Bonchev–Trinajstić information content (AvgIpc) is 2.86. The third kappa shape index (κ3) is 3.37. The zero-order chi connectivity index (χ0) is 14.8. The van der Waals surface area contributed by atoms with Crippen molar-refractivity contribution in [2.45, 2.75) is 32.6 Å². The van der Waals surface area contributed by atoms with Gasteiger partial charge in [0.1, 0.15) is 17.5 Å². The summed E-state index contributed by atoms with van der Waals surface area (Å²) in [5, 5.41) is 0. The number of methoxy groups -OCH3 is 1. The second kappa shape index (κ2) is 5.93. The number of anilines is 2. The van der Waals surface area contributed by atoms with Crippen LogP contribution in [0.3, 0.4) is 0 Å². The van der Waals surface area contributed by atoms with E-state index < -0.39 is 0 Å². The number of hydrazine groups is 1. The second-order valence-corrected chi connectivity index (χ2v) is 6.39. The number of nitrogens with zero attached hydrogens (tertiary/aromatic N) is 3. The van der Waals surface area contributed by atoms with Crippen LogP contribution in [-0.2, 0) is 10.2 Å². The van der Waals surface area contributed by atoms with Crippen molar-refractivity contribution in [2.75, 3.05) is 37.1 Å². The summed E-state index contributed by atoms with van der Waals surface area (Å²) in [5.41, 5.74) is 2.53. The van der Waals surface area contributed by atoms with E-state index in [1.165, 1.54) is 0 Å². The molecule has 2 heterocycles. The maximum atomic E-state index is 5.53. The Morgan fingerprint density at radius 2 is 2.20 bits per heavy atom. The minimum Gasteiger partial charge on any atom is -0.384 e. The quantitative estimate of drug-likeness (QED) is 0.643. The van der Waals surface area contributed by atoms with Gasteiger partial charge in [-0.05, 0) is 6.42 Å². The first-order valence-electron chi connectivity index (χ1n) is 7.04. The molecular formula is C14H25N5O. The molecule has 0 saturated carbocycles. The fraction of sp³-hybridized carbons (Fsp3) is 0.714. The number of nitrogens with one attached hydrogen (secondary N) is 1. The smallest absolute Gasteiger partial charge is 0.145 e. The molecular weight excluding hydrogens is 254 g/mol. The molecule has 0 aliphatic carbocycles. The Balaban J connectivity index is 2.23. The number of hydrogen-bond donors (Lipinski definition) is 2. The van der Waals surface area contributed by atoms with E-state index in [-0.39, 0.29) is 5.41 Å². The van der Waals surface area contributed by atoms with Crippen molar-refractivity contribution in [1.82, 2.24) is 9.97 Å². The molecule has 0 bridgehead atoms. The molecule has 1 atom stereocenters. The third-order valence-corrected chi connectivity index (χ3v) is 3.54. The lowest BCUT2D eigenvalue weighted by atomic mass is 9.96. The minimum absolute atomic E-state index is 0.104. The minimum atomic E-state index is -0.104. The van der Waals surface area contributed by atoms with Gasteiger partial charge in [0.25, 0.3) is 0 Å². The normalized spacial score (nSPS) is 19.4. The monoisotopic (exact) mass is 279 g/mol. The summed E-state index contributed by atoms with van der Waals surface area (Å²) in [6.45, 7) is 9.07. The molecule has 1 aromatic rings. The molecule has 1 fully saturated rings. The van der Waals surface area contributed by atoms with Gasteiger partial charge in [0.2, 0.25) is 0 Å². The predicted octanol–water partition coefficient (Wildman–Crippen LogP) is 1.53. The van der Waals surface area contributed by atoms with Crippen molar-refractivity contribution in [2.24, 2.45) is 11.8 Å². The van der Waals surface area contributed by atoms with Crippen LogP contribution in [0.15, 0.2) is 6.07 Å². The molecule has 1 aliphatic heterocycles. The molecule has 1 saturated heterocycles. The maximum Gasteiger partial charge on any atom is 0.145 e. The van der Waals surface area contributed by atoms with Crippen LogP contribution in [0.1, 0.15) is 33.0 Å². The second-order valence-electron chi connectivity index (χ2n) is 6.39. The Labute approximate surface area is 120 Å². The highest BCUT2D eigenvalue weighted by Gasteiger charge is 2.26. The lowest BCUT2D eigenvalue weighted by Gasteiger charge is -2.23. The molecule has 1 aromatic heterocycles. The number of aromatic nitrogens is 2. The van der Waals surface area contributed by atoms with E-state index in [4.69, 9.17) is 15.6 Å². The van der Waals surface area contributed by atoms with Gasteiger partial charge in [-0.3, -0.25) is 0 Å². The summed E-state index contributed by atoms with van der Waals surface area (Å²) in [7, 11) is 1.75. The van der Waals surface area contributed by atoms with Crippen molar-refractivity contribution in [3.05, 3.63) is 11.9 Å². The van der Waals surface area contributed by atoms with E-state index in [0.29, 0.717) is 11.7 Å². The van der Waals surface area contributed by atoms with E-state index in [0.717, 1.165) is 37.8 Å². The molecule has 6 heteroatoms. The molecule has 1 unspecified atom stereocenters. The van der Waals surface area contributed by atoms with Crippen LogP contribution in [-0.4, -0.2) is 36.8 Å². The molecule has 0 amide bonds. The molecule has 0 spiro atoms. The van der Waals surface area contributed by atoms with E-state index in [2.05, 4.69) is 36.1 Å². The van der Waals surface area contributed by atoms with Crippen LogP contribution in [0.5, 0.6) is 0 Å². The molecule has 3 N–H and O–H groups in total. The lowest BCUT2D eigenvalue weighted by Crippen LogP contribution is -2.25. The third-order valence-electron chi connectivity index (χ3n) is 3.54. The molecule has 0 radical (unpaired) electrons. The van der Waals surface area contributed by atoms with Crippen molar-refractivity contribution in [1.29, 1.82) is 0 Å². The van der Waals surface area contributed by atoms with Gasteiger partial charge in [0.05, 0.1) is 6.61 Å². The predicted molar refractivity (Wildman–Crippen MR) is 80.7 cm³/mol. The highest BCUT2D eigenvalue weighted by atomic mass is 16.5. The average molecular weight is 279 g/mol. The Kier molecular flexibility index (Phi) is 4.45. The number of hydrogen-bond acceptors (Lipinski definition) is 6. The Morgan fingerprint density at radius 3 is 2.80 bits per heavy atom. The van der Waals surface area contributed by atoms with Crippen molar-refractivity contribution < 1.29 is 4.74 Å². The van der Waals surface area contributed by atoms with Gasteiger partial charge >= 0.3 is 0 Å². The van der Waals surface area contributed by atoms with E-state index >= 15 is 0 Å². The summed E-state index contributed by atoms with van der Waals surface area (Å²) >= 11 is 0. The summed E-state index contributed by atoms with van der Waals surface area (Å²) < 4.78 is 5.24. The molecule has 2 rings (SSSR count). The fourth-order valence-corrected chi connectivity index (χ4v) is 2.42. The van der Waals surface area contributed by atoms with Crippen molar-refractivity contribution in [3.63, 3.8) is 0 Å². The van der Waals surface area contributed by atoms with Crippen molar-refractivity contribution in [3.8, 4) is 0 Å². The molecule has 0 aromatic carbocycles. The van der Waals surface area contributed by atoms with Gasteiger partial charge in [0.15, 0.2) is 0 Å². The Bertz CT molecular complexity index is 457. The Hall–Kier alpha value is -1.40. The standard InChI is InChI=1S/C14H25N5O/c1-14(2,3)13-16-11(18-15)7-12(17-13)19-6-5-10(8-19)9-20-4/h7,10H,5-6,8-9,15H2,1-4H3,(H,16,17,18). The summed E-state index contributed by atoms with van der Waals surface area (Å²) in [6.07, 6.45) is 1.13. The van der Waals surface area contributed by atoms with Gasteiger partial charge in [0, 0.05) is 37.6 Å². The van der Waals surface area contributed by atoms with Gasteiger partial charge in [-0.2, -0.15) is 0 Å². The number of ether oxygens (including phenoxy) is 1. The Morgan fingerprint density at radius 1 is 1.45 bits per heavy atom. The first kappa shape index (κ1) is 15.0. The summed E-state index contributed by atoms with van der Waals surface area (Å²) in [5.74, 6) is 8.50. The number of nitrogen functional groups attached to an aromatic ring is 1. The van der Waals surface area contributed by atoms with E-state index in [1.807, 2.05) is 6.07 Å². The molecule has 6 nitrogen and oxygen atoms in total. The van der Waals surface area contributed by atoms with Crippen LogP contribution in [0.25, 0.3) is 0 Å². The molecule has 112 valence electrons. The maximum absolute atomic E-state index is 5.53. The highest BCUT2D eigenvalue weighted by molar-refractivity contribution is 5.50. The fourth-order valence-electron chi connectivity index (χ4n) is 2.42. The lowest BCUT2D eigenvalue weighted by molar-refractivity contribution is 0.161. The van der Waals surface area contributed by atoms with Crippen LogP contribution in [0, 0.1) is 5.92 Å². The topological polar surface area (TPSA) is 76.3 Å². The SMILES string of the molecule is COCC1CCN(c2cc(NN)nc(C(C)(C)C)n2)C1. The van der Waals surface area contributed by atoms with Gasteiger partial charge in [-0.25, -0.2) is 15.8 Å². The highest BCUT2D eigenvalue weighted by Crippen LogP contribution is 2.27. The molecule has 20 heavy (non-hydrogen) atoms. The van der Waals surface area contributed by atoms with Gasteiger partial charge in [-0.1, -0.05) is 20.8 Å². The number of rotatable bonds is 4. The first-order valence-corrected chi connectivity index (χ1v) is 7.04. The van der Waals surface area contributed by atoms with Crippen LogP contribution < -0.4 is 16.2 Å². The van der Waals surface area contributed by atoms with Crippen molar-refractivity contribution >= 4 is 11.6 Å².